The van der Waals surface area contributed by atoms with E-state index < -0.39 is 0 Å². The highest BCUT2D eigenvalue weighted by Gasteiger charge is 2.22. The molecule has 0 spiro atoms. The summed E-state index contributed by atoms with van der Waals surface area (Å²) in [6.07, 6.45) is 1.33. The maximum atomic E-state index is 3.98. The first-order valence-corrected chi connectivity index (χ1v) is 5.44. The maximum absolute atomic E-state index is 3.98. The smallest absolute Gasteiger partial charge is 0.0781 e. The van der Waals surface area contributed by atoms with E-state index in [-0.39, 0.29) is 0 Å². The summed E-state index contributed by atoms with van der Waals surface area (Å²) in [5.74, 6) is 0.832. The Balaban J connectivity index is 1.88. The molecule has 1 aliphatic heterocycles. The SMILES string of the molecule is [NH3+]C[C@@H]1CCN(Cc2ccccc2)C1. The molecule has 1 fully saturated rings. The van der Waals surface area contributed by atoms with Crippen LogP contribution in [0.25, 0.3) is 0 Å². The van der Waals surface area contributed by atoms with Crippen LogP contribution in [0.4, 0.5) is 0 Å². The summed E-state index contributed by atoms with van der Waals surface area (Å²) in [6.45, 7) is 4.68. The van der Waals surface area contributed by atoms with Crippen LogP contribution in [0.1, 0.15) is 12.0 Å². The first-order valence-electron chi connectivity index (χ1n) is 5.44. The number of rotatable bonds is 3. The van der Waals surface area contributed by atoms with Crippen molar-refractivity contribution < 1.29 is 5.73 Å². The number of benzene rings is 1. The molecule has 2 heteroatoms. The highest BCUT2D eigenvalue weighted by Crippen LogP contribution is 2.16. The van der Waals surface area contributed by atoms with Gasteiger partial charge in [-0.2, -0.15) is 0 Å². The zero-order chi connectivity index (χ0) is 9.80. The van der Waals surface area contributed by atoms with Gasteiger partial charge in [-0.05, 0) is 18.5 Å². The third kappa shape index (κ3) is 2.34. The lowest BCUT2D eigenvalue weighted by Gasteiger charge is -2.14. The fourth-order valence-electron chi connectivity index (χ4n) is 2.13. The largest absolute Gasteiger partial charge is 0.357 e. The van der Waals surface area contributed by atoms with Gasteiger partial charge >= 0.3 is 0 Å². The van der Waals surface area contributed by atoms with E-state index in [2.05, 4.69) is 41.0 Å². The summed E-state index contributed by atoms with van der Waals surface area (Å²) < 4.78 is 0. The molecule has 14 heavy (non-hydrogen) atoms. The van der Waals surface area contributed by atoms with Gasteiger partial charge in [-0.3, -0.25) is 4.90 Å². The average Bonchev–Trinajstić information content (AvgIpc) is 2.67. The maximum Gasteiger partial charge on any atom is 0.0781 e. The third-order valence-electron chi connectivity index (χ3n) is 3.03. The van der Waals surface area contributed by atoms with Crippen molar-refractivity contribution in [1.82, 2.24) is 4.90 Å². The Kier molecular flexibility index (Phi) is 3.17. The van der Waals surface area contributed by atoms with Crippen LogP contribution in [0.15, 0.2) is 30.3 Å². The van der Waals surface area contributed by atoms with Crippen molar-refractivity contribution in [3.8, 4) is 0 Å². The van der Waals surface area contributed by atoms with Crippen LogP contribution in [0.5, 0.6) is 0 Å². The van der Waals surface area contributed by atoms with E-state index >= 15 is 0 Å². The molecule has 1 aromatic carbocycles. The second kappa shape index (κ2) is 4.58. The number of nitrogens with zero attached hydrogens (tertiary/aromatic N) is 1. The van der Waals surface area contributed by atoms with Crippen molar-refractivity contribution in [3.05, 3.63) is 35.9 Å². The summed E-state index contributed by atoms with van der Waals surface area (Å²) in [4.78, 5) is 2.53. The van der Waals surface area contributed by atoms with Gasteiger partial charge < -0.3 is 5.73 Å². The summed E-state index contributed by atoms with van der Waals surface area (Å²) in [6, 6.07) is 10.7. The summed E-state index contributed by atoms with van der Waals surface area (Å²) in [5.41, 5.74) is 5.41. The van der Waals surface area contributed by atoms with Gasteiger partial charge in [-0.15, -0.1) is 0 Å². The molecule has 1 aliphatic rings. The van der Waals surface area contributed by atoms with Crippen molar-refractivity contribution in [3.63, 3.8) is 0 Å². The standard InChI is InChI=1S/C12H18N2/c13-8-12-6-7-14(10-12)9-11-4-2-1-3-5-11/h1-5,12H,6-10,13H2/p+1/t12-/m0/s1. The van der Waals surface area contributed by atoms with Crippen LogP contribution in [-0.2, 0) is 6.54 Å². The molecule has 0 aromatic heterocycles. The number of likely N-dealkylation sites (tertiary alicyclic amines) is 1. The highest BCUT2D eigenvalue weighted by atomic mass is 15.1. The Hall–Kier alpha value is -0.860. The second-order valence-corrected chi connectivity index (χ2v) is 4.16. The quantitative estimate of drug-likeness (QED) is 0.751. The fourth-order valence-corrected chi connectivity index (χ4v) is 2.13. The van der Waals surface area contributed by atoms with E-state index in [4.69, 9.17) is 0 Å². The Labute approximate surface area is 85.7 Å². The van der Waals surface area contributed by atoms with Gasteiger partial charge in [-0.1, -0.05) is 30.3 Å². The molecular weight excluding hydrogens is 172 g/mol. The minimum atomic E-state index is 0.832. The highest BCUT2D eigenvalue weighted by molar-refractivity contribution is 5.14. The summed E-state index contributed by atoms with van der Waals surface area (Å²) in [7, 11) is 0. The van der Waals surface area contributed by atoms with Crippen molar-refractivity contribution >= 4 is 0 Å². The first kappa shape index (κ1) is 9.69. The molecule has 0 saturated carbocycles. The molecule has 0 unspecified atom stereocenters. The van der Waals surface area contributed by atoms with Gasteiger partial charge in [0.15, 0.2) is 0 Å². The molecule has 1 atom stereocenters. The Morgan fingerprint density at radius 1 is 1.29 bits per heavy atom. The molecule has 0 bridgehead atoms. The molecule has 0 aliphatic carbocycles. The minimum absolute atomic E-state index is 0.832. The first-order chi connectivity index (χ1) is 6.88. The van der Waals surface area contributed by atoms with Crippen molar-refractivity contribution in [2.45, 2.75) is 13.0 Å². The Bertz CT molecular complexity index is 271. The van der Waals surface area contributed by atoms with Crippen LogP contribution in [0, 0.1) is 5.92 Å². The van der Waals surface area contributed by atoms with Gasteiger partial charge in [-0.25, -0.2) is 0 Å². The molecule has 1 aromatic rings. The summed E-state index contributed by atoms with van der Waals surface area (Å²) in [5, 5.41) is 0. The van der Waals surface area contributed by atoms with Crippen LogP contribution in [-0.4, -0.2) is 24.5 Å². The average molecular weight is 191 g/mol. The van der Waals surface area contributed by atoms with Gasteiger partial charge in [0, 0.05) is 19.0 Å². The van der Waals surface area contributed by atoms with E-state index in [0.29, 0.717) is 0 Å². The number of hydrogen-bond donors (Lipinski definition) is 1. The number of quaternary nitrogens is 1. The third-order valence-corrected chi connectivity index (χ3v) is 3.03. The predicted octanol–water partition coefficient (Wildman–Crippen LogP) is 0.750. The lowest BCUT2D eigenvalue weighted by molar-refractivity contribution is -0.378. The second-order valence-electron chi connectivity index (χ2n) is 4.16. The zero-order valence-corrected chi connectivity index (χ0v) is 8.65. The molecule has 0 radical (unpaired) electrons. The normalized spacial score (nSPS) is 22.8. The predicted molar refractivity (Wildman–Crippen MR) is 57.6 cm³/mol. The van der Waals surface area contributed by atoms with Crippen LogP contribution < -0.4 is 5.73 Å². The molecule has 1 saturated heterocycles. The monoisotopic (exact) mass is 191 g/mol. The van der Waals surface area contributed by atoms with Gasteiger partial charge in [0.25, 0.3) is 0 Å². The zero-order valence-electron chi connectivity index (χ0n) is 8.65. The Morgan fingerprint density at radius 3 is 2.71 bits per heavy atom. The summed E-state index contributed by atoms with van der Waals surface area (Å²) >= 11 is 0. The van der Waals surface area contributed by atoms with Gasteiger partial charge in [0.05, 0.1) is 6.54 Å². The molecule has 1 heterocycles. The van der Waals surface area contributed by atoms with Gasteiger partial charge in [0.2, 0.25) is 0 Å². The van der Waals surface area contributed by atoms with Crippen LogP contribution in [0.2, 0.25) is 0 Å². The lowest BCUT2D eigenvalue weighted by atomic mass is 10.1. The molecule has 2 nitrogen and oxygen atoms in total. The topological polar surface area (TPSA) is 30.9 Å². The molecule has 76 valence electrons. The van der Waals surface area contributed by atoms with Crippen molar-refractivity contribution in [1.29, 1.82) is 0 Å². The van der Waals surface area contributed by atoms with E-state index in [1.807, 2.05) is 0 Å². The molecule has 0 amide bonds. The minimum Gasteiger partial charge on any atom is -0.357 e. The fraction of sp³-hybridized carbons (Fsp3) is 0.500. The molecular formula is C12H19N2+. The van der Waals surface area contributed by atoms with Crippen molar-refractivity contribution in [2.24, 2.45) is 5.92 Å². The van der Waals surface area contributed by atoms with E-state index in [1.54, 1.807) is 0 Å². The Morgan fingerprint density at radius 2 is 2.07 bits per heavy atom. The molecule has 3 N–H and O–H groups in total. The van der Waals surface area contributed by atoms with Crippen molar-refractivity contribution in [2.75, 3.05) is 19.6 Å². The molecule has 2 rings (SSSR count). The van der Waals surface area contributed by atoms with Crippen LogP contribution in [0.3, 0.4) is 0 Å². The van der Waals surface area contributed by atoms with Gasteiger partial charge in [0.1, 0.15) is 0 Å². The van der Waals surface area contributed by atoms with E-state index in [0.717, 1.165) is 19.0 Å². The lowest BCUT2D eigenvalue weighted by Crippen LogP contribution is -2.54. The van der Waals surface area contributed by atoms with Crippen LogP contribution >= 0.6 is 0 Å². The van der Waals surface area contributed by atoms with E-state index in [9.17, 15) is 0 Å². The van der Waals surface area contributed by atoms with E-state index in [1.165, 1.54) is 25.1 Å². The number of hydrogen-bond acceptors (Lipinski definition) is 1.